The third kappa shape index (κ3) is 1.67. The Hall–Kier alpha value is -0.520. The SMILES string of the molecule is C[C@@](O)(c1ncc(Br)cn1)C1COC1. The van der Waals surface area contributed by atoms with Gasteiger partial charge in [-0.3, -0.25) is 0 Å². The minimum absolute atomic E-state index is 0.101. The summed E-state index contributed by atoms with van der Waals surface area (Å²) in [5, 5.41) is 10.2. The van der Waals surface area contributed by atoms with Crippen LogP contribution in [-0.4, -0.2) is 28.3 Å². The van der Waals surface area contributed by atoms with Crippen molar-refractivity contribution in [1.82, 2.24) is 9.97 Å². The highest BCUT2D eigenvalue weighted by Crippen LogP contribution is 2.31. The molecule has 0 amide bonds. The first-order valence-electron chi connectivity index (χ1n) is 4.39. The molecule has 0 aromatic carbocycles. The van der Waals surface area contributed by atoms with Crippen LogP contribution >= 0.6 is 15.9 Å². The largest absolute Gasteiger partial charge is 0.382 e. The Labute approximate surface area is 90.5 Å². The van der Waals surface area contributed by atoms with Crippen molar-refractivity contribution >= 4 is 15.9 Å². The maximum atomic E-state index is 10.2. The lowest BCUT2D eigenvalue weighted by Gasteiger charge is -2.37. The number of nitrogens with zero attached hydrogens (tertiary/aromatic N) is 2. The van der Waals surface area contributed by atoms with Crippen molar-refractivity contribution in [3.05, 3.63) is 22.7 Å². The zero-order chi connectivity index (χ0) is 10.2. The minimum Gasteiger partial charge on any atom is -0.382 e. The van der Waals surface area contributed by atoms with Gasteiger partial charge in [0.15, 0.2) is 5.82 Å². The number of rotatable bonds is 2. The summed E-state index contributed by atoms with van der Waals surface area (Å²) in [4.78, 5) is 8.18. The van der Waals surface area contributed by atoms with Gasteiger partial charge in [0.05, 0.1) is 17.7 Å². The van der Waals surface area contributed by atoms with Crippen LogP contribution in [0.3, 0.4) is 0 Å². The van der Waals surface area contributed by atoms with Crippen LogP contribution in [0.2, 0.25) is 0 Å². The number of halogens is 1. The number of hydrogen-bond donors (Lipinski definition) is 1. The van der Waals surface area contributed by atoms with Crippen LogP contribution in [0, 0.1) is 5.92 Å². The summed E-state index contributed by atoms with van der Waals surface area (Å²) < 4.78 is 5.85. The smallest absolute Gasteiger partial charge is 0.160 e. The molecule has 0 radical (unpaired) electrons. The van der Waals surface area contributed by atoms with Crippen molar-refractivity contribution in [2.24, 2.45) is 5.92 Å². The molecule has 76 valence electrons. The second-order valence-corrected chi connectivity index (χ2v) is 4.52. The van der Waals surface area contributed by atoms with E-state index in [4.69, 9.17) is 4.74 Å². The van der Waals surface area contributed by atoms with E-state index in [1.165, 1.54) is 0 Å². The van der Waals surface area contributed by atoms with E-state index in [9.17, 15) is 5.11 Å². The molecule has 0 aliphatic carbocycles. The average molecular weight is 259 g/mol. The van der Waals surface area contributed by atoms with Crippen molar-refractivity contribution in [1.29, 1.82) is 0 Å². The molecule has 0 bridgehead atoms. The van der Waals surface area contributed by atoms with Gasteiger partial charge >= 0.3 is 0 Å². The van der Waals surface area contributed by atoms with Gasteiger partial charge in [-0.2, -0.15) is 0 Å². The number of hydrogen-bond acceptors (Lipinski definition) is 4. The average Bonchev–Trinajstić information content (AvgIpc) is 2.00. The molecule has 1 atom stereocenters. The van der Waals surface area contributed by atoms with E-state index in [0.29, 0.717) is 19.0 Å². The summed E-state index contributed by atoms with van der Waals surface area (Å²) in [5.74, 6) is 0.553. The molecule has 14 heavy (non-hydrogen) atoms. The van der Waals surface area contributed by atoms with Crippen molar-refractivity contribution in [2.45, 2.75) is 12.5 Å². The summed E-state index contributed by atoms with van der Waals surface area (Å²) in [5.41, 5.74) is -0.987. The van der Waals surface area contributed by atoms with Gasteiger partial charge in [-0.1, -0.05) is 0 Å². The van der Waals surface area contributed by atoms with E-state index in [1.54, 1.807) is 19.3 Å². The summed E-state index contributed by atoms with van der Waals surface area (Å²) >= 11 is 3.25. The zero-order valence-electron chi connectivity index (χ0n) is 7.77. The Morgan fingerprint density at radius 3 is 2.50 bits per heavy atom. The highest BCUT2D eigenvalue weighted by atomic mass is 79.9. The first-order valence-corrected chi connectivity index (χ1v) is 5.18. The summed E-state index contributed by atoms with van der Waals surface area (Å²) in [6, 6.07) is 0. The van der Waals surface area contributed by atoms with E-state index >= 15 is 0 Å². The molecule has 1 aromatic heterocycles. The van der Waals surface area contributed by atoms with Crippen molar-refractivity contribution < 1.29 is 9.84 Å². The molecule has 1 aliphatic heterocycles. The lowest BCUT2D eigenvalue weighted by molar-refractivity contribution is -0.146. The van der Waals surface area contributed by atoms with Crippen LogP contribution in [0.15, 0.2) is 16.9 Å². The monoisotopic (exact) mass is 258 g/mol. The molecule has 4 nitrogen and oxygen atoms in total. The first kappa shape index (κ1) is 10.0. The lowest BCUT2D eigenvalue weighted by atomic mass is 9.87. The Morgan fingerprint density at radius 1 is 1.50 bits per heavy atom. The quantitative estimate of drug-likeness (QED) is 0.863. The van der Waals surface area contributed by atoms with Gasteiger partial charge in [-0.25, -0.2) is 9.97 Å². The number of ether oxygens (including phenoxy) is 1. The maximum absolute atomic E-state index is 10.2. The molecule has 0 spiro atoms. The van der Waals surface area contributed by atoms with Gasteiger partial charge in [-0.05, 0) is 22.9 Å². The predicted molar refractivity (Wildman–Crippen MR) is 53.6 cm³/mol. The molecular weight excluding hydrogens is 248 g/mol. The Kier molecular flexibility index (Phi) is 2.55. The van der Waals surface area contributed by atoms with Crippen LogP contribution in [-0.2, 0) is 10.3 Å². The second kappa shape index (κ2) is 3.56. The van der Waals surface area contributed by atoms with Gasteiger partial charge in [-0.15, -0.1) is 0 Å². The zero-order valence-corrected chi connectivity index (χ0v) is 9.36. The second-order valence-electron chi connectivity index (χ2n) is 3.61. The molecule has 5 heteroatoms. The highest BCUT2D eigenvalue weighted by Gasteiger charge is 2.40. The van der Waals surface area contributed by atoms with Crippen molar-refractivity contribution in [2.75, 3.05) is 13.2 Å². The van der Waals surface area contributed by atoms with E-state index in [1.807, 2.05) is 0 Å². The molecule has 2 rings (SSSR count). The van der Waals surface area contributed by atoms with Crippen LogP contribution in [0.25, 0.3) is 0 Å². The van der Waals surface area contributed by atoms with E-state index in [-0.39, 0.29) is 5.92 Å². The molecule has 0 saturated carbocycles. The third-order valence-corrected chi connectivity index (χ3v) is 2.92. The number of aliphatic hydroxyl groups is 1. The highest BCUT2D eigenvalue weighted by molar-refractivity contribution is 9.10. The molecule has 2 heterocycles. The lowest BCUT2D eigenvalue weighted by Crippen LogP contribution is -2.45. The fourth-order valence-corrected chi connectivity index (χ4v) is 1.52. The van der Waals surface area contributed by atoms with Crippen LogP contribution in [0.5, 0.6) is 0 Å². The van der Waals surface area contributed by atoms with Gasteiger partial charge in [0.1, 0.15) is 5.60 Å². The van der Waals surface area contributed by atoms with Crippen LogP contribution in [0.4, 0.5) is 0 Å². The van der Waals surface area contributed by atoms with Crippen molar-refractivity contribution in [3.8, 4) is 0 Å². The molecule has 1 aromatic rings. The summed E-state index contributed by atoms with van der Waals surface area (Å²) in [6.45, 7) is 2.88. The van der Waals surface area contributed by atoms with Gasteiger partial charge in [0.2, 0.25) is 0 Å². The fourth-order valence-electron chi connectivity index (χ4n) is 1.32. The van der Waals surface area contributed by atoms with Crippen LogP contribution < -0.4 is 0 Å². The maximum Gasteiger partial charge on any atom is 0.160 e. The minimum atomic E-state index is -0.987. The Morgan fingerprint density at radius 2 is 2.07 bits per heavy atom. The normalized spacial score (nSPS) is 21.4. The molecule has 1 fully saturated rings. The fraction of sp³-hybridized carbons (Fsp3) is 0.556. The first-order chi connectivity index (χ1) is 6.60. The summed E-state index contributed by atoms with van der Waals surface area (Å²) in [6.07, 6.45) is 3.27. The standard InChI is InChI=1S/C9H11BrN2O2/c1-9(13,6-4-14-5-6)8-11-2-7(10)3-12-8/h2-3,6,13H,4-5H2,1H3/t9-/m0/s1. The van der Waals surface area contributed by atoms with E-state index in [0.717, 1.165) is 4.47 Å². The van der Waals surface area contributed by atoms with Crippen molar-refractivity contribution in [3.63, 3.8) is 0 Å². The molecule has 0 unspecified atom stereocenters. The Balaban J connectivity index is 2.23. The van der Waals surface area contributed by atoms with Gasteiger partial charge in [0.25, 0.3) is 0 Å². The van der Waals surface area contributed by atoms with Gasteiger partial charge < -0.3 is 9.84 Å². The van der Waals surface area contributed by atoms with Gasteiger partial charge in [0, 0.05) is 18.3 Å². The molecular formula is C9H11BrN2O2. The molecule has 1 N–H and O–H groups in total. The Bertz CT molecular complexity index is 322. The molecule has 1 saturated heterocycles. The number of aromatic nitrogens is 2. The predicted octanol–water partition coefficient (Wildman–Crippen LogP) is 1.09. The topological polar surface area (TPSA) is 55.2 Å². The third-order valence-electron chi connectivity index (χ3n) is 2.51. The van der Waals surface area contributed by atoms with E-state index < -0.39 is 5.60 Å². The summed E-state index contributed by atoms with van der Waals surface area (Å²) in [7, 11) is 0. The van der Waals surface area contributed by atoms with Crippen LogP contribution in [0.1, 0.15) is 12.7 Å². The molecule has 1 aliphatic rings. The van der Waals surface area contributed by atoms with E-state index in [2.05, 4.69) is 25.9 Å².